The second-order valence-electron chi connectivity index (χ2n) is 12.3. The maximum Gasteiger partial charge on any atom is 1.00 e. The van der Waals surface area contributed by atoms with Gasteiger partial charge < -0.3 is 10.4 Å². The van der Waals surface area contributed by atoms with Crippen molar-refractivity contribution in [3.05, 3.63) is 68.8 Å². The standard InChI is InChI=1S/C12H15Br.C12H17N.C6H18NSi2.Li/c2*13-12-8-6-11(7-9-12)10-4-2-1-3-5-10;1-8(2,3)7-9(4,5)6;/h6-10H,1-5H2;6-10H,1-5,13H2;1-6H3;/q;;-1;+1. The molecule has 6 heteroatoms. The number of hydrogen-bond donors (Lipinski definition) is 1. The van der Waals surface area contributed by atoms with Crippen LogP contribution in [-0.2, 0) is 0 Å². The van der Waals surface area contributed by atoms with Gasteiger partial charge in [0, 0.05) is 10.2 Å². The number of anilines is 1. The number of benzene rings is 2. The van der Waals surface area contributed by atoms with E-state index in [0.717, 1.165) is 17.5 Å². The molecule has 2 aromatic rings. The number of halogens is 1. The van der Waals surface area contributed by atoms with E-state index in [-0.39, 0.29) is 18.9 Å². The molecule has 36 heavy (non-hydrogen) atoms. The maximum absolute atomic E-state index is 5.66. The van der Waals surface area contributed by atoms with E-state index in [1.54, 1.807) is 0 Å². The van der Waals surface area contributed by atoms with Gasteiger partial charge in [-0.15, -0.1) is 0 Å². The van der Waals surface area contributed by atoms with E-state index in [9.17, 15) is 0 Å². The molecule has 0 heterocycles. The molecule has 2 aliphatic carbocycles. The Morgan fingerprint density at radius 2 is 0.944 bits per heavy atom. The first-order valence-electron chi connectivity index (χ1n) is 13.8. The van der Waals surface area contributed by atoms with Gasteiger partial charge in [-0.05, 0) is 72.9 Å². The van der Waals surface area contributed by atoms with Gasteiger partial charge in [0.05, 0.1) is 0 Å². The van der Waals surface area contributed by atoms with Crippen molar-refractivity contribution in [1.82, 2.24) is 0 Å². The molecule has 196 valence electrons. The van der Waals surface area contributed by atoms with E-state index >= 15 is 0 Å². The number of nitrogens with two attached hydrogens (primary N) is 1. The summed E-state index contributed by atoms with van der Waals surface area (Å²) < 4.78 is 6.01. The van der Waals surface area contributed by atoms with E-state index < -0.39 is 16.5 Å². The molecule has 2 saturated carbocycles. The Bertz CT molecular complexity index is 762. The number of nitrogens with zero attached hydrogens (tertiary/aromatic N) is 1. The first kappa shape index (κ1) is 33.7. The zero-order valence-corrected chi connectivity index (χ0v) is 27.8. The van der Waals surface area contributed by atoms with E-state index in [1.807, 2.05) is 12.1 Å². The van der Waals surface area contributed by atoms with E-state index in [2.05, 4.69) is 91.6 Å². The molecule has 2 aliphatic rings. The van der Waals surface area contributed by atoms with Gasteiger partial charge in [0.25, 0.3) is 0 Å². The minimum atomic E-state index is -1.11. The topological polar surface area (TPSA) is 40.1 Å². The molecule has 0 bridgehead atoms. The van der Waals surface area contributed by atoms with Crippen molar-refractivity contribution in [2.75, 3.05) is 5.73 Å². The predicted octanol–water partition coefficient (Wildman–Crippen LogP) is 7.85. The number of rotatable bonds is 4. The second kappa shape index (κ2) is 16.6. The van der Waals surface area contributed by atoms with Gasteiger partial charge in [-0.3, -0.25) is 0 Å². The fraction of sp³-hybridized carbons (Fsp3) is 0.600. The van der Waals surface area contributed by atoms with Gasteiger partial charge in [-0.2, -0.15) is 0 Å². The molecule has 2 aromatic carbocycles. The summed E-state index contributed by atoms with van der Waals surface area (Å²) >= 11 is 3.47. The van der Waals surface area contributed by atoms with Crippen molar-refractivity contribution in [2.45, 2.75) is 115 Å². The van der Waals surface area contributed by atoms with E-state index in [0.29, 0.717) is 0 Å². The smallest absolute Gasteiger partial charge is 0.668 e. The Hall–Kier alpha value is -0.289. The van der Waals surface area contributed by atoms with Crippen molar-refractivity contribution in [3.63, 3.8) is 0 Å². The van der Waals surface area contributed by atoms with Gasteiger partial charge in [0.1, 0.15) is 0 Å². The summed E-state index contributed by atoms with van der Waals surface area (Å²) in [6.45, 7) is 13.8. The number of nitrogen functional groups attached to an aromatic ring is 1. The second-order valence-corrected chi connectivity index (χ2v) is 22.8. The van der Waals surface area contributed by atoms with Crippen LogP contribution >= 0.6 is 15.9 Å². The van der Waals surface area contributed by atoms with Crippen molar-refractivity contribution >= 4 is 38.1 Å². The Kier molecular flexibility index (Phi) is 15.6. The SMILES string of the molecule is Brc1ccc(C2CCCCC2)cc1.C[Si](C)(C)[N-][Si](C)(C)C.Nc1ccc(C2CCCCC2)cc1.[Li+]. The summed E-state index contributed by atoms with van der Waals surface area (Å²) in [7, 11) is -2.21. The van der Waals surface area contributed by atoms with Crippen LogP contribution in [0.3, 0.4) is 0 Å². The van der Waals surface area contributed by atoms with Crippen molar-refractivity contribution in [3.8, 4) is 0 Å². The summed E-state index contributed by atoms with van der Waals surface area (Å²) in [5.41, 5.74) is 9.54. The van der Waals surface area contributed by atoms with Crippen LogP contribution < -0.4 is 24.6 Å². The van der Waals surface area contributed by atoms with Crippen LogP contribution in [0.2, 0.25) is 39.3 Å². The molecule has 4 rings (SSSR count). The molecule has 0 atom stereocenters. The Morgan fingerprint density at radius 3 is 1.25 bits per heavy atom. The van der Waals surface area contributed by atoms with Crippen molar-refractivity contribution in [2.24, 2.45) is 0 Å². The average Bonchev–Trinajstić information content (AvgIpc) is 2.80. The zero-order valence-electron chi connectivity index (χ0n) is 24.2. The van der Waals surface area contributed by atoms with Crippen LogP contribution in [0.4, 0.5) is 5.69 Å². The number of hydrogen-bond acceptors (Lipinski definition) is 1. The Morgan fingerprint density at radius 1 is 0.611 bits per heavy atom. The van der Waals surface area contributed by atoms with E-state index in [1.165, 1.54) is 79.8 Å². The van der Waals surface area contributed by atoms with Crippen LogP contribution in [0.15, 0.2) is 53.0 Å². The summed E-state index contributed by atoms with van der Waals surface area (Å²) in [5.74, 6) is 1.64. The molecule has 0 aliphatic heterocycles. The quantitative estimate of drug-likeness (QED) is 0.290. The van der Waals surface area contributed by atoms with Crippen LogP contribution in [0, 0.1) is 0 Å². The van der Waals surface area contributed by atoms with Gasteiger partial charge in [-0.1, -0.05) is 134 Å². The largest absolute Gasteiger partial charge is 1.00 e. The van der Waals surface area contributed by atoms with Crippen LogP contribution in [0.1, 0.15) is 87.2 Å². The maximum atomic E-state index is 5.66. The minimum absolute atomic E-state index is 0. The van der Waals surface area contributed by atoms with E-state index in [4.69, 9.17) is 10.4 Å². The third-order valence-electron chi connectivity index (χ3n) is 6.63. The molecule has 0 unspecified atom stereocenters. The van der Waals surface area contributed by atoms with Crippen LogP contribution in [0.25, 0.3) is 4.65 Å². The summed E-state index contributed by atoms with van der Waals surface area (Å²) in [6.07, 6.45) is 14.0. The van der Waals surface area contributed by atoms with Crippen molar-refractivity contribution < 1.29 is 18.9 Å². The molecule has 0 spiro atoms. The average molecular weight is 582 g/mol. The third kappa shape index (κ3) is 14.6. The Balaban J connectivity index is 0.000000272. The van der Waals surface area contributed by atoms with Gasteiger partial charge in [-0.25, -0.2) is 0 Å². The molecular weight excluding hydrogens is 531 g/mol. The fourth-order valence-corrected chi connectivity index (χ4v) is 13.7. The molecule has 0 amide bonds. The summed E-state index contributed by atoms with van der Waals surface area (Å²) in [5, 5.41) is 0. The Labute approximate surface area is 245 Å². The first-order chi connectivity index (χ1) is 16.4. The molecule has 0 aromatic heterocycles. The summed E-state index contributed by atoms with van der Waals surface area (Å²) in [6, 6.07) is 17.2. The molecular formula is C30H50BrLiN2Si2. The molecule has 2 N–H and O–H groups in total. The summed E-state index contributed by atoms with van der Waals surface area (Å²) in [4.78, 5) is 0. The van der Waals surface area contributed by atoms with Gasteiger partial charge >= 0.3 is 18.9 Å². The predicted molar refractivity (Wildman–Crippen MR) is 167 cm³/mol. The molecule has 0 saturated heterocycles. The molecule has 2 nitrogen and oxygen atoms in total. The first-order valence-corrected chi connectivity index (χ1v) is 21.5. The third-order valence-corrected chi connectivity index (χ3v) is 12.5. The van der Waals surface area contributed by atoms with Crippen LogP contribution in [0.5, 0.6) is 0 Å². The van der Waals surface area contributed by atoms with Crippen molar-refractivity contribution in [1.29, 1.82) is 0 Å². The molecule has 2 fully saturated rings. The fourth-order valence-electron chi connectivity index (χ4n) is 5.38. The minimum Gasteiger partial charge on any atom is -0.668 e. The monoisotopic (exact) mass is 580 g/mol. The van der Waals surface area contributed by atoms with Crippen LogP contribution in [-0.4, -0.2) is 16.5 Å². The van der Waals surface area contributed by atoms with Gasteiger partial charge in [0.2, 0.25) is 0 Å². The normalized spacial score (nSPS) is 17.1. The molecule has 0 radical (unpaired) electrons. The zero-order chi connectivity index (χ0) is 25.9. The van der Waals surface area contributed by atoms with Gasteiger partial charge in [0.15, 0.2) is 0 Å².